The number of carbonyl (C=O) groups is 1. The van der Waals surface area contributed by atoms with Crippen LogP contribution in [0.3, 0.4) is 0 Å². The van der Waals surface area contributed by atoms with Crippen molar-refractivity contribution in [2.75, 3.05) is 18.1 Å². The van der Waals surface area contributed by atoms with Crippen molar-refractivity contribution in [3.63, 3.8) is 0 Å². The van der Waals surface area contributed by atoms with Crippen LogP contribution in [-0.2, 0) is 27.4 Å². The highest BCUT2D eigenvalue weighted by atomic mass is 35.5. The van der Waals surface area contributed by atoms with Gasteiger partial charge in [-0.2, -0.15) is 0 Å². The average Bonchev–Trinajstić information content (AvgIpc) is 3.53. The molecule has 2 aliphatic heterocycles. The molecule has 0 spiro atoms. The summed E-state index contributed by atoms with van der Waals surface area (Å²) in [5, 5.41) is 8.70. The summed E-state index contributed by atoms with van der Waals surface area (Å²) in [4.78, 5) is 14.2. The number of carbonyl (C=O) groups excluding carboxylic acids is 1. The Morgan fingerprint density at radius 1 is 1.15 bits per heavy atom. The number of hydrogen-bond donors (Lipinski definition) is 0. The van der Waals surface area contributed by atoms with Gasteiger partial charge in [-0.05, 0) is 48.4 Å². The number of rotatable bonds is 7. The molecule has 0 radical (unpaired) electrons. The Morgan fingerprint density at radius 2 is 1.91 bits per heavy atom. The zero-order chi connectivity index (χ0) is 23.7. The van der Waals surface area contributed by atoms with Crippen LogP contribution < -0.4 is 4.90 Å². The van der Waals surface area contributed by atoms with Gasteiger partial charge in [0.15, 0.2) is 0 Å². The van der Waals surface area contributed by atoms with Crippen molar-refractivity contribution < 1.29 is 27.8 Å². The molecule has 2 fully saturated rings. The van der Waals surface area contributed by atoms with Crippen LogP contribution in [0, 0.1) is 11.6 Å². The lowest BCUT2D eigenvalue weighted by molar-refractivity contribution is 0.0301. The molecule has 3 heterocycles. The largest absolute Gasteiger partial charge is 0.441 e. The molecule has 2 aromatic carbocycles. The molecule has 0 saturated carbocycles. The van der Waals surface area contributed by atoms with E-state index in [1.54, 1.807) is 30.5 Å². The van der Waals surface area contributed by atoms with Gasteiger partial charge in [0, 0.05) is 23.4 Å². The summed E-state index contributed by atoms with van der Waals surface area (Å²) in [6.45, 7) is 1.63. The molecular formula is C23H21ClF2N4O4. The summed E-state index contributed by atoms with van der Waals surface area (Å²) >= 11 is 5.99. The number of anilines is 1. The lowest BCUT2D eigenvalue weighted by Gasteiger charge is -2.25. The molecule has 0 aliphatic carbocycles. The molecule has 3 aromatic rings. The molecule has 1 aromatic heterocycles. The van der Waals surface area contributed by atoms with E-state index >= 15 is 0 Å². The van der Waals surface area contributed by atoms with Gasteiger partial charge < -0.3 is 14.2 Å². The minimum Gasteiger partial charge on any atom is -0.441 e. The molecule has 2 aliphatic rings. The van der Waals surface area contributed by atoms with Crippen molar-refractivity contribution in [2.24, 2.45) is 0 Å². The number of cyclic esters (lactones) is 1. The van der Waals surface area contributed by atoms with E-state index in [4.69, 9.17) is 25.8 Å². The van der Waals surface area contributed by atoms with Crippen LogP contribution >= 0.6 is 11.6 Å². The third-order valence-corrected chi connectivity index (χ3v) is 5.97. The fourth-order valence-electron chi connectivity index (χ4n) is 4.17. The van der Waals surface area contributed by atoms with Gasteiger partial charge >= 0.3 is 6.09 Å². The third-order valence-electron chi connectivity index (χ3n) is 5.72. The van der Waals surface area contributed by atoms with Gasteiger partial charge in [0.1, 0.15) is 29.5 Å². The number of ether oxygens (including phenoxy) is 3. The fourth-order valence-corrected chi connectivity index (χ4v) is 4.30. The van der Waals surface area contributed by atoms with Gasteiger partial charge in [-0.25, -0.2) is 18.3 Å². The number of halogens is 3. The van der Waals surface area contributed by atoms with Gasteiger partial charge in [-0.3, -0.25) is 4.90 Å². The average molecular weight is 491 g/mol. The lowest BCUT2D eigenvalue weighted by atomic mass is 9.99. The van der Waals surface area contributed by atoms with E-state index in [0.29, 0.717) is 29.6 Å². The van der Waals surface area contributed by atoms with Crippen molar-refractivity contribution >= 4 is 23.4 Å². The quantitative estimate of drug-likeness (QED) is 0.492. The summed E-state index contributed by atoms with van der Waals surface area (Å²) in [7, 11) is 0. The Kier molecular flexibility index (Phi) is 6.44. The first-order valence-electron chi connectivity index (χ1n) is 10.8. The molecule has 34 heavy (non-hydrogen) atoms. The second kappa shape index (κ2) is 9.65. The Morgan fingerprint density at radius 3 is 2.62 bits per heavy atom. The van der Waals surface area contributed by atoms with E-state index in [1.165, 1.54) is 21.7 Å². The predicted octanol–water partition coefficient (Wildman–Crippen LogP) is 4.28. The first kappa shape index (κ1) is 22.7. The normalized spacial score (nSPS) is 22.4. The maximum atomic E-state index is 14.1. The summed E-state index contributed by atoms with van der Waals surface area (Å²) in [6.07, 6.45) is 1.12. The summed E-state index contributed by atoms with van der Waals surface area (Å²) in [6, 6.07) is 8.89. The van der Waals surface area contributed by atoms with Crippen LogP contribution in [0.1, 0.15) is 23.7 Å². The van der Waals surface area contributed by atoms with Crippen molar-refractivity contribution in [1.82, 2.24) is 15.0 Å². The van der Waals surface area contributed by atoms with Crippen molar-refractivity contribution in [3.05, 3.63) is 76.6 Å². The monoisotopic (exact) mass is 490 g/mol. The molecule has 5 rings (SSSR count). The van der Waals surface area contributed by atoms with Crippen LogP contribution in [0.4, 0.5) is 19.3 Å². The van der Waals surface area contributed by atoms with Gasteiger partial charge in [0.25, 0.3) is 0 Å². The first-order valence-corrected chi connectivity index (χ1v) is 11.1. The summed E-state index contributed by atoms with van der Waals surface area (Å²) < 4.78 is 46.4. The maximum Gasteiger partial charge on any atom is 0.415 e. The molecule has 11 heteroatoms. The van der Waals surface area contributed by atoms with Crippen LogP contribution in [-0.4, -0.2) is 46.5 Å². The van der Waals surface area contributed by atoms with Crippen LogP contribution in [0.25, 0.3) is 0 Å². The van der Waals surface area contributed by atoms with Gasteiger partial charge in [0.05, 0.1) is 32.1 Å². The van der Waals surface area contributed by atoms with Crippen molar-refractivity contribution in [3.8, 4) is 0 Å². The highest BCUT2D eigenvalue weighted by Gasteiger charge is 2.44. The number of benzene rings is 2. The van der Waals surface area contributed by atoms with Gasteiger partial charge in [-0.1, -0.05) is 16.8 Å². The van der Waals surface area contributed by atoms with E-state index in [1.807, 2.05) is 0 Å². The Bertz CT molecular complexity index is 1150. The van der Waals surface area contributed by atoms with Gasteiger partial charge in [-0.15, -0.1) is 5.10 Å². The lowest BCUT2D eigenvalue weighted by Crippen LogP contribution is -2.31. The van der Waals surface area contributed by atoms with E-state index in [-0.39, 0.29) is 24.8 Å². The molecule has 178 valence electrons. The van der Waals surface area contributed by atoms with Crippen LogP contribution in [0.2, 0.25) is 5.02 Å². The number of amides is 1. The topological polar surface area (TPSA) is 78.7 Å². The van der Waals surface area contributed by atoms with Crippen molar-refractivity contribution in [1.29, 1.82) is 0 Å². The standard InChI is InChI=1S/C23H21ClF2N4O4/c24-15-1-3-19(4-2-15)30-22(14-7-16(25)9-17(26)8-14)21(34-23(30)31)11-29-10-18(27-28-29)12-33-20-5-6-32-13-20/h1-4,7-10,20-22H,5-6,11-13H2/t20?,21-,22-/m0/s1. The minimum atomic E-state index is -0.807. The molecule has 1 unspecified atom stereocenters. The Balaban J connectivity index is 1.40. The summed E-state index contributed by atoms with van der Waals surface area (Å²) in [5.74, 6) is -1.50. The molecular weight excluding hydrogens is 470 g/mol. The zero-order valence-corrected chi connectivity index (χ0v) is 18.7. The van der Waals surface area contributed by atoms with Crippen molar-refractivity contribution in [2.45, 2.75) is 37.8 Å². The van der Waals surface area contributed by atoms with E-state index in [9.17, 15) is 13.6 Å². The predicted molar refractivity (Wildman–Crippen MR) is 117 cm³/mol. The minimum absolute atomic E-state index is 0.0288. The molecule has 0 bridgehead atoms. The Labute approximate surface area is 199 Å². The van der Waals surface area contributed by atoms with Gasteiger partial charge in [0.2, 0.25) is 0 Å². The highest BCUT2D eigenvalue weighted by molar-refractivity contribution is 6.30. The smallest absolute Gasteiger partial charge is 0.415 e. The van der Waals surface area contributed by atoms with E-state index in [0.717, 1.165) is 12.5 Å². The van der Waals surface area contributed by atoms with E-state index in [2.05, 4.69) is 10.3 Å². The zero-order valence-electron chi connectivity index (χ0n) is 17.9. The number of aromatic nitrogens is 3. The first-order chi connectivity index (χ1) is 16.5. The SMILES string of the molecule is O=C1O[C@@H](Cn2cc(COC3CCOC3)nn2)[C@H](c2cc(F)cc(F)c2)N1c1ccc(Cl)cc1. The second-order valence-corrected chi connectivity index (χ2v) is 8.58. The maximum absolute atomic E-state index is 14.1. The number of hydrogen-bond acceptors (Lipinski definition) is 6. The Hall–Kier alpha value is -3.08. The molecule has 2 saturated heterocycles. The van der Waals surface area contributed by atoms with Crippen LogP contribution in [0.15, 0.2) is 48.7 Å². The fraction of sp³-hybridized carbons (Fsp3) is 0.348. The van der Waals surface area contributed by atoms with E-state index < -0.39 is 29.9 Å². The number of nitrogens with zero attached hydrogens (tertiary/aromatic N) is 4. The third kappa shape index (κ3) is 4.89. The summed E-state index contributed by atoms with van der Waals surface area (Å²) in [5.41, 5.74) is 1.35. The van der Waals surface area contributed by atoms with Crippen LogP contribution in [0.5, 0.6) is 0 Å². The molecule has 0 N–H and O–H groups in total. The molecule has 1 amide bonds. The second-order valence-electron chi connectivity index (χ2n) is 8.14. The molecule has 8 nitrogen and oxygen atoms in total. The molecule has 3 atom stereocenters. The highest BCUT2D eigenvalue weighted by Crippen LogP contribution is 2.39.